The van der Waals surface area contributed by atoms with Gasteiger partial charge in [-0.2, -0.15) is 0 Å². The molecule has 1 unspecified atom stereocenters. The topological polar surface area (TPSA) is 12.0 Å². The Morgan fingerprint density at radius 3 is 1.83 bits per heavy atom. The first-order valence-electron chi connectivity index (χ1n) is 8.10. The number of hydrogen-bond acceptors (Lipinski definition) is 1. The van der Waals surface area contributed by atoms with Crippen LogP contribution in [0.1, 0.15) is 84.5 Å². The number of rotatable bonds is 14. The van der Waals surface area contributed by atoms with Gasteiger partial charge in [-0.3, -0.25) is 0 Å². The monoisotopic (exact) mass is 319 g/mol. The van der Waals surface area contributed by atoms with Crippen molar-refractivity contribution in [2.75, 3.05) is 11.9 Å². The Balaban J connectivity index is 2.98. The van der Waals surface area contributed by atoms with Crippen LogP contribution in [-0.4, -0.2) is 17.9 Å². The first kappa shape index (κ1) is 18.4. The standard InChI is InChI=1S/C16H34BrN/c1-3-4-5-6-7-8-9-10-11-12-15-18-16(2)13-14-17/h16,18H,3-15H2,1-2H3. The van der Waals surface area contributed by atoms with Gasteiger partial charge in [-0.25, -0.2) is 0 Å². The fraction of sp³-hybridized carbons (Fsp3) is 1.00. The number of hydrogen-bond donors (Lipinski definition) is 1. The summed E-state index contributed by atoms with van der Waals surface area (Å²) in [6.07, 6.45) is 15.5. The number of alkyl halides is 1. The molecule has 0 bridgehead atoms. The maximum atomic E-state index is 3.58. The molecule has 18 heavy (non-hydrogen) atoms. The predicted octanol–water partition coefficient (Wildman–Crippen LogP) is 5.67. The number of halogens is 1. The first-order valence-corrected chi connectivity index (χ1v) is 9.22. The summed E-state index contributed by atoms with van der Waals surface area (Å²) in [5, 5.41) is 4.69. The zero-order valence-corrected chi connectivity index (χ0v) is 14.2. The highest BCUT2D eigenvalue weighted by Gasteiger charge is 1.98. The number of nitrogens with one attached hydrogen (secondary N) is 1. The average molecular weight is 320 g/mol. The van der Waals surface area contributed by atoms with Gasteiger partial charge < -0.3 is 5.32 Å². The summed E-state index contributed by atoms with van der Waals surface area (Å²) < 4.78 is 0. The third kappa shape index (κ3) is 14.5. The minimum absolute atomic E-state index is 0.669. The fourth-order valence-electron chi connectivity index (χ4n) is 2.23. The smallest absolute Gasteiger partial charge is 0.00466 e. The van der Waals surface area contributed by atoms with Crippen LogP contribution >= 0.6 is 15.9 Å². The van der Waals surface area contributed by atoms with Crippen LogP contribution in [0.25, 0.3) is 0 Å². The molecule has 2 heteroatoms. The van der Waals surface area contributed by atoms with Gasteiger partial charge in [-0.15, -0.1) is 0 Å². The van der Waals surface area contributed by atoms with Crippen LogP contribution in [0.5, 0.6) is 0 Å². The molecule has 0 aromatic heterocycles. The third-order valence-corrected chi connectivity index (χ3v) is 4.02. The molecule has 0 aliphatic heterocycles. The van der Waals surface area contributed by atoms with Crippen molar-refractivity contribution in [1.82, 2.24) is 5.32 Å². The Morgan fingerprint density at radius 1 is 0.833 bits per heavy atom. The molecule has 0 heterocycles. The Labute approximate surface area is 124 Å². The molecule has 0 spiro atoms. The predicted molar refractivity (Wildman–Crippen MR) is 87.7 cm³/mol. The van der Waals surface area contributed by atoms with E-state index in [9.17, 15) is 0 Å². The van der Waals surface area contributed by atoms with Crippen molar-refractivity contribution in [2.24, 2.45) is 0 Å². The van der Waals surface area contributed by atoms with Gasteiger partial charge in [0.05, 0.1) is 0 Å². The molecule has 1 N–H and O–H groups in total. The quantitative estimate of drug-likeness (QED) is 0.321. The molecule has 0 rings (SSSR count). The van der Waals surface area contributed by atoms with Gasteiger partial charge in [0.25, 0.3) is 0 Å². The molecule has 0 amide bonds. The lowest BCUT2D eigenvalue weighted by Crippen LogP contribution is -2.27. The van der Waals surface area contributed by atoms with E-state index in [0.717, 1.165) is 5.33 Å². The minimum Gasteiger partial charge on any atom is -0.314 e. The van der Waals surface area contributed by atoms with Crippen LogP contribution in [0.2, 0.25) is 0 Å². The second-order valence-corrected chi connectivity index (χ2v) is 6.31. The van der Waals surface area contributed by atoms with Gasteiger partial charge in [-0.05, 0) is 26.3 Å². The van der Waals surface area contributed by atoms with Crippen LogP contribution < -0.4 is 5.32 Å². The van der Waals surface area contributed by atoms with Gasteiger partial charge in [0.15, 0.2) is 0 Å². The summed E-state index contributed by atoms with van der Waals surface area (Å²) in [7, 11) is 0. The van der Waals surface area contributed by atoms with Gasteiger partial charge in [-0.1, -0.05) is 80.6 Å². The van der Waals surface area contributed by atoms with Gasteiger partial charge in [0, 0.05) is 11.4 Å². The van der Waals surface area contributed by atoms with E-state index in [1.165, 1.54) is 77.2 Å². The SMILES string of the molecule is CCCCCCCCCCCCNC(C)CCBr. The highest BCUT2D eigenvalue weighted by Crippen LogP contribution is 2.10. The van der Waals surface area contributed by atoms with Crippen molar-refractivity contribution >= 4 is 15.9 Å². The molecular formula is C16H34BrN. The first-order chi connectivity index (χ1) is 8.81. The fourth-order valence-corrected chi connectivity index (χ4v) is 2.91. The molecule has 0 saturated heterocycles. The van der Waals surface area contributed by atoms with E-state index in [0.29, 0.717) is 6.04 Å². The van der Waals surface area contributed by atoms with E-state index >= 15 is 0 Å². The van der Waals surface area contributed by atoms with E-state index < -0.39 is 0 Å². The van der Waals surface area contributed by atoms with Crippen LogP contribution in [0, 0.1) is 0 Å². The maximum Gasteiger partial charge on any atom is 0.00466 e. The van der Waals surface area contributed by atoms with Gasteiger partial charge in [0.2, 0.25) is 0 Å². The van der Waals surface area contributed by atoms with E-state index in [4.69, 9.17) is 0 Å². The van der Waals surface area contributed by atoms with Crippen molar-refractivity contribution in [3.05, 3.63) is 0 Å². The Hall–Kier alpha value is 0.440. The highest BCUT2D eigenvalue weighted by atomic mass is 79.9. The Kier molecular flexibility index (Phi) is 15.9. The minimum atomic E-state index is 0.669. The van der Waals surface area contributed by atoms with Crippen LogP contribution in [-0.2, 0) is 0 Å². The molecule has 1 atom stereocenters. The second kappa shape index (κ2) is 15.5. The van der Waals surface area contributed by atoms with E-state index in [1.807, 2.05) is 0 Å². The molecular weight excluding hydrogens is 286 g/mol. The lowest BCUT2D eigenvalue weighted by Gasteiger charge is -2.11. The molecule has 0 radical (unpaired) electrons. The normalized spacial score (nSPS) is 12.8. The van der Waals surface area contributed by atoms with E-state index in [-0.39, 0.29) is 0 Å². The lowest BCUT2D eigenvalue weighted by molar-refractivity contribution is 0.502. The molecule has 0 aromatic rings. The van der Waals surface area contributed by atoms with Crippen molar-refractivity contribution in [2.45, 2.75) is 90.5 Å². The van der Waals surface area contributed by atoms with Crippen molar-refractivity contribution in [3.8, 4) is 0 Å². The van der Waals surface area contributed by atoms with Crippen molar-refractivity contribution in [3.63, 3.8) is 0 Å². The second-order valence-electron chi connectivity index (χ2n) is 5.51. The van der Waals surface area contributed by atoms with E-state index in [1.54, 1.807) is 0 Å². The summed E-state index contributed by atoms with van der Waals surface area (Å²) in [5.41, 5.74) is 0. The maximum absolute atomic E-state index is 3.58. The Bertz CT molecular complexity index is 150. The highest BCUT2D eigenvalue weighted by molar-refractivity contribution is 9.09. The largest absolute Gasteiger partial charge is 0.314 e. The molecule has 0 saturated carbocycles. The Morgan fingerprint density at radius 2 is 1.33 bits per heavy atom. The van der Waals surface area contributed by atoms with Gasteiger partial charge in [0.1, 0.15) is 0 Å². The third-order valence-electron chi connectivity index (χ3n) is 3.57. The van der Waals surface area contributed by atoms with Crippen molar-refractivity contribution < 1.29 is 0 Å². The van der Waals surface area contributed by atoms with Gasteiger partial charge >= 0.3 is 0 Å². The van der Waals surface area contributed by atoms with Crippen LogP contribution in [0.3, 0.4) is 0 Å². The molecule has 1 nitrogen and oxygen atoms in total. The van der Waals surface area contributed by atoms with Crippen LogP contribution in [0.4, 0.5) is 0 Å². The summed E-state index contributed by atoms with van der Waals surface area (Å²) >= 11 is 3.48. The number of unbranched alkanes of at least 4 members (excludes halogenated alkanes) is 9. The zero-order chi connectivity index (χ0) is 13.5. The van der Waals surface area contributed by atoms with Crippen molar-refractivity contribution in [1.29, 1.82) is 0 Å². The summed E-state index contributed by atoms with van der Waals surface area (Å²) in [4.78, 5) is 0. The summed E-state index contributed by atoms with van der Waals surface area (Å²) in [5.74, 6) is 0. The average Bonchev–Trinajstić information content (AvgIpc) is 2.36. The van der Waals surface area contributed by atoms with E-state index in [2.05, 4.69) is 35.1 Å². The lowest BCUT2D eigenvalue weighted by atomic mass is 10.1. The molecule has 0 fully saturated rings. The molecule has 0 aliphatic carbocycles. The molecule has 0 aliphatic rings. The summed E-state index contributed by atoms with van der Waals surface area (Å²) in [6.45, 7) is 5.76. The molecule has 0 aromatic carbocycles. The summed E-state index contributed by atoms with van der Waals surface area (Å²) in [6, 6.07) is 0.669. The molecule has 110 valence electrons. The zero-order valence-electron chi connectivity index (χ0n) is 12.6. The van der Waals surface area contributed by atoms with Crippen LogP contribution in [0.15, 0.2) is 0 Å².